The molecule has 2 rings (SSSR count). The molecular formula is C16H17FO3. The third kappa shape index (κ3) is 3.15. The summed E-state index contributed by atoms with van der Waals surface area (Å²) < 4.78 is 19.5. The molecule has 0 saturated carbocycles. The monoisotopic (exact) mass is 276 g/mol. The zero-order valence-corrected chi connectivity index (χ0v) is 11.2. The number of ether oxygens (including phenoxy) is 1. The van der Waals surface area contributed by atoms with Gasteiger partial charge in [0.25, 0.3) is 0 Å². The van der Waals surface area contributed by atoms with Crippen molar-refractivity contribution < 1.29 is 19.3 Å². The first-order valence-electron chi connectivity index (χ1n) is 6.46. The Kier molecular flexibility index (Phi) is 4.71. The number of benzene rings is 2. The fraction of sp³-hybridized carbons (Fsp3) is 0.250. The van der Waals surface area contributed by atoms with Gasteiger partial charge in [-0.1, -0.05) is 24.3 Å². The van der Waals surface area contributed by atoms with E-state index in [1.165, 1.54) is 19.1 Å². The summed E-state index contributed by atoms with van der Waals surface area (Å²) in [4.78, 5) is 0. The van der Waals surface area contributed by atoms with E-state index >= 15 is 0 Å². The molecule has 2 aromatic rings. The van der Waals surface area contributed by atoms with Crippen molar-refractivity contribution in [1.82, 2.24) is 0 Å². The first-order chi connectivity index (χ1) is 9.63. The van der Waals surface area contributed by atoms with Gasteiger partial charge in [-0.15, -0.1) is 0 Å². The van der Waals surface area contributed by atoms with Crippen molar-refractivity contribution in [2.45, 2.75) is 19.4 Å². The number of hydrogen-bond donors (Lipinski definition) is 2. The van der Waals surface area contributed by atoms with E-state index in [2.05, 4.69) is 0 Å². The summed E-state index contributed by atoms with van der Waals surface area (Å²) in [6, 6.07) is 11.7. The molecule has 2 N–H and O–H groups in total. The second-order valence-electron chi connectivity index (χ2n) is 4.51. The summed E-state index contributed by atoms with van der Waals surface area (Å²) in [7, 11) is 0. The molecule has 0 bridgehead atoms. The van der Waals surface area contributed by atoms with E-state index in [0.717, 1.165) is 5.56 Å². The van der Waals surface area contributed by atoms with Crippen molar-refractivity contribution in [1.29, 1.82) is 0 Å². The van der Waals surface area contributed by atoms with E-state index in [1.54, 1.807) is 18.2 Å². The number of para-hydroxylation sites is 1. The Bertz CT molecular complexity index is 582. The highest BCUT2D eigenvalue weighted by molar-refractivity contribution is 5.42. The van der Waals surface area contributed by atoms with Crippen molar-refractivity contribution in [3.05, 3.63) is 59.4 Å². The fourth-order valence-corrected chi connectivity index (χ4v) is 2.06. The molecule has 0 aliphatic rings. The Morgan fingerprint density at radius 3 is 2.50 bits per heavy atom. The fourth-order valence-electron chi connectivity index (χ4n) is 2.06. The van der Waals surface area contributed by atoms with E-state index < -0.39 is 11.9 Å². The number of aliphatic hydroxyl groups is 2. The molecule has 0 radical (unpaired) electrons. The van der Waals surface area contributed by atoms with Crippen molar-refractivity contribution in [2.24, 2.45) is 0 Å². The number of rotatable bonds is 5. The quantitative estimate of drug-likeness (QED) is 0.881. The van der Waals surface area contributed by atoms with Crippen molar-refractivity contribution in [2.75, 3.05) is 6.61 Å². The Labute approximate surface area is 117 Å². The first-order valence-corrected chi connectivity index (χ1v) is 6.46. The average Bonchev–Trinajstić information content (AvgIpc) is 2.41. The number of aliphatic hydroxyl groups excluding tert-OH is 2. The molecule has 0 fully saturated rings. The lowest BCUT2D eigenvalue weighted by molar-refractivity contribution is 0.190. The third-order valence-corrected chi connectivity index (χ3v) is 3.00. The van der Waals surface area contributed by atoms with E-state index in [0.29, 0.717) is 12.2 Å². The van der Waals surface area contributed by atoms with Crippen molar-refractivity contribution >= 4 is 0 Å². The van der Waals surface area contributed by atoms with Crippen LogP contribution in [0.4, 0.5) is 4.39 Å². The minimum atomic E-state index is -0.962. The largest absolute Gasteiger partial charge is 0.457 e. The van der Waals surface area contributed by atoms with Gasteiger partial charge in [0.15, 0.2) is 0 Å². The summed E-state index contributed by atoms with van der Waals surface area (Å²) in [5, 5.41) is 18.7. The van der Waals surface area contributed by atoms with Gasteiger partial charge < -0.3 is 14.9 Å². The molecular weight excluding hydrogens is 259 g/mol. The molecule has 0 saturated heterocycles. The second kappa shape index (κ2) is 6.50. The highest BCUT2D eigenvalue weighted by atomic mass is 19.1. The van der Waals surface area contributed by atoms with Gasteiger partial charge in [-0.25, -0.2) is 4.39 Å². The highest BCUT2D eigenvalue weighted by Gasteiger charge is 2.16. The van der Waals surface area contributed by atoms with Crippen LogP contribution in [0.25, 0.3) is 0 Å². The summed E-state index contributed by atoms with van der Waals surface area (Å²) in [5.41, 5.74) is 0.960. The predicted molar refractivity (Wildman–Crippen MR) is 74.3 cm³/mol. The average molecular weight is 276 g/mol. The molecule has 0 amide bonds. The van der Waals surface area contributed by atoms with Crippen LogP contribution in [0.5, 0.6) is 11.5 Å². The molecule has 0 aliphatic heterocycles. The predicted octanol–water partition coefficient (Wildman–Crippen LogP) is 3.21. The van der Waals surface area contributed by atoms with E-state index in [9.17, 15) is 9.50 Å². The molecule has 106 valence electrons. The van der Waals surface area contributed by atoms with E-state index in [1.807, 2.05) is 12.1 Å². The standard InChI is InChI=1S/C16H17FO3/c1-11(19)16-13(17)6-4-8-15(16)20-14-7-3-2-5-12(14)9-10-18/h2-8,11,18-19H,9-10H2,1H3/t11-/m0/s1. The number of hydrogen-bond acceptors (Lipinski definition) is 3. The highest BCUT2D eigenvalue weighted by Crippen LogP contribution is 2.33. The van der Waals surface area contributed by atoms with Crippen LogP contribution in [0.15, 0.2) is 42.5 Å². The van der Waals surface area contributed by atoms with Crippen LogP contribution in [0.3, 0.4) is 0 Å². The molecule has 0 aliphatic carbocycles. The summed E-state index contributed by atoms with van der Waals surface area (Å²) in [5.74, 6) is 0.330. The Morgan fingerprint density at radius 2 is 1.80 bits per heavy atom. The molecule has 0 spiro atoms. The lowest BCUT2D eigenvalue weighted by Gasteiger charge is -2.15. The summed E-state index contributed by atoms with van der Waals surface area (Å²) >= 11 is 0. The maximum absolute atomic E-state index is 13.8. The lowest BCUT2D eigenvalue weighted by atomic mass is 10.1. The molecule has 0 aromatic heterocycles. The van der Waals surface area contributed by atoms with Gasteiger partial charge in [0.2, 0.25) is 0 Å². The van der Waals surface area contributed by atoms with Gasteiger partial charge in [0.1, 0.15) is 17.3 Å². The van der Waals surface area contributed by atoms with Gasteiger partial charge in [-0.2, -0.15) is 0 Å². The summed E-state index contributed by atoms with van der Waals surface area (Å²) in [6.07, 6.45) is -0.508. The van der Waals surface area contributed by atoms with Crippen LogP contribution in [0.1, 0.15) is 24.2 Å². The maximum Gasteiger partial charge on any atom is 0.136 e. The molecule has 0 heterocycles. The van der Waals surface area contributed by atoms with Crippen LogP contribution >= 0.6 is 0 Å². The van der Waals surface area contributed by atoms with Crippen LogP contribution in [0, 0.1) is 5.82 Å². The van der Waals surface area contributed by atoms with E-state index in [4.69, 9.17) is 9.84 Å². The smallest absolute Gasteiger partial charge is 0.136 e. The lowest BCUT2D eigenvalue weighted by Crippen LogP contribution is -2.01. The Hall–Kier alpha value is -1.91. The molecule has 2 aromatic carbocycles. The van der Waals surface area contributed by atoms with Gasteiger partial charge in [-0.3, -0.25) is 0 Å². The Balaban J connectivity index is 2.38. The van der Waals surface area contributed by atoms with Crippen LogP contribution in [-0.4, -0.2) is 16.8 Å². The van der Waals surface area contributed by atoms with Gasteiger partial charge >= 0.3 is 0 Å². The van der Waals surface area contributed by atoms with Crippen molar-refractivity contribution in [3.63, 3.8) is 0 Å². The minimum absolute atomic E-state index is 0.00673. The third-order valence-electron chi connectivity index (χ3n) is 3.00. The molecule has 0 unspecified atom stereocenters. The molecule has 1 atom stereocenters. The topological polar surface area (TPSA) is 49.7 Å². The molecule has 3 nitrogen and oxygen atoms in total. The second-order valence-corrected chi connectivity index (χ2v) is 4.51. The maximum atomic E-state index is 13.8. The number of halogens is 1. The van der Waals surface area contributed by atoms with Crippen LogP contribution < -0.4 is 4.74 Å². The van der Waals surface area contributed by atoms with Gasteiger partial charge in [0, 0.05) is 6.61 Å². The van der Waals surface area contributed by atoms with Gasteiger partial charge in [0.05, 0.1) is 11.7 Å². The van der Waals surface area contributed by atoms with Crippen LogP contribution in [0.2, 0.25) is 0 Å². The Morgan fingerprint density at radius 1 is 1.10 bits per heavy atom. The zero-order valence-electron chi connectivity index (χ0n) is 11.2. The summed E-state index contributed by atoms with van der Waals surface area (Å²) in [6.45, 7) is 1.50. The van der Waals surface area contributed by atoms with Crippen molar-refractivity contribution in [3.8, 4) is 11.5 Å². The van der Waals surface area contributed by atoms with E-state index in [-0.39, 0.29) is 17.9 Å². The molecule has 4 heteroatoms. The normalized spacial score (nSPS) is 12.2. The van der Waals surface area contributed by atoms with Gasteiger partial charge in [-0.05, 0) is 37.1 Å². The minimum Gasteiger partial charge on any atom is -0.457 e. The van der Waals surface area contributed by atoms with Crippen LogP contribution in [-0.2, 0) is 6.42 Å². The first kappa shape index (κ1) is 14.5. The molecule has 20 heavy (non-hydrogen) atoms. The SMILES string of the molecule is C[C@H](O)c1c(F)cccc1Oc1ccccc1CCO. The zero-order chi connectivity index (χ0) is 14.5.